The predicted molar refractivity (Wildman–Crippen MR) is 224 cm³/mol. The van der Waals surface area contributed by atoms with Crippen LogP contribution in [-0.4, -0.2) is 19.3 Å². The molecule has 9 rings (SSSR count). The number of aryl methyl sites for hydroxylation is 2. The molecule has 0 N–H and O–H groups in total. The van der Waals surface area contributed by atoms with Crippen molar-refractivity contribution in [2.24, 2.45) is 0 Å². The second kappa shape index (κ2) is 15.6. The average Bonchev–Trinajstić information content (AvgIpc) is 3.70. The molecule has 3 aromatic heterocycles. The molecule has 0 bridgehead atoms. The van der Waals surface area contributed by atoms with E-state index in [1.807, 2.05) is 18.3 Å². The Balaban J connectivity index is 0.00000441. The van der Waals surface area contributed by atoms with Crippen LogP contribution in [0.15, 0.2) is 134 Å². The molecule has 0 spiro atoms. The molecule has 56 heavy (non-hydrogen) atoms. The summed E-state index contributed by atoms with van der Waals surface area (Å²) in [6.07, 6.45) is 6.44. The van der Waals surface area contributed by atoms with Crippen LogP contribution in [0.2, 0.25) is 0 Å². The molecular formula is C50H44N4OPt. The van der Waals surface area contributed by atoms with Crippen LogP contribution in [-0.2, 0) is 21.1 Å². The second-order valence-corrected chi connectivity index (χ2v) is 15.1. The zero-order valence-electron chi connectivity index (χ0n) is 32.4. The smallest absolute Gasteiger partial charge is 0.509 e. The number of allylic oxidation sites excluding steroid dienone is 2. The van der Waals surface area contributed by atoms with Crippen LogP contribution in [0.25, 0.3) is 38.9 Å². The van der Waals surface area contributed by atoms with E-state index in [-0.39, 0.29) is 32.9 Å². The van der Waals surface area contributed by atoms with Gasteiger partial charge < -0.3 is 9.30 Å². The zero-order valence-corrected chi connectivity index (χ0v) is 34.6. The van der Waals surface area contributed by atoms with Gasteiger partial charge in [0.2, 0.25) is 0 Å². The molecule has 6 heteroatoms. The number of benzene rings is 5. The number of nitrogens with zero attached hydrogens (tertiary/aromatic N) is 4. The van der Waals surface area contributed by atoms with E-state index in [0.29, 0.717) is 17.4 Å². The maximum atomic E-state index is 6.70. The quantitative estimate of drug-likeness (QED) is 0.143. The van der Waals surface area contributed by atoms with Gasteiger partial charge in [-0.1, -0.05) is 104 Å². The SMILES string of the molecule is Cc1ccnc(-n2c3[c-]c(Oc4[c-]c(-n5nc(C)c(C6C(c7ccccc7)=CCC[C@@H]6c6ccccc6)c5C)cc(C(C)C)c4)ccc3c3ccccc32)c1.[Pt+2]. The Hall–Kier alpha value is -5.51. The van der Waals surface area contributed by atoms with Crippen LogP contribution in [0.5, 0.6) is 11.5 Å². The monoisotopic (exact) mass is 911 g/mol. The van der Waals surface area contributed by atoms with Crippen molar-refractivity contribution < 1.29 is 25.8 Å². The first-order valence-electron chi connectivity index (χ1n) is 19.3. The third kappa shape index (κ3) is 6.83. The van der Waals surface area contributed by atoms with E-state index >= 15 is 0 Å². The van der Waals surface area contributed by atoms with E-state index < -0.39 is 0 Å². The molecule has 0 saturated carbocycles. The molecule has 1 aliphatic rings. The number of hydrogen-bond donors (Lipinski definition) is 0. The Morgan fingerprint density at radius 3 is 2.29 bits per heavy atom. The van der Waals surface area contributed by atoms with Crippen LogP contribution in [0.3, 0.4) is 0 Å². The van der Waals surface area contributed by atoms with Crippen molar-refractivity contribution in [3.8, 4) is 23.0 Å². The molecule has 5 aromatic carbocycles. The molecule has 8 aromatic rings. The molecule has 0 aliphatic heterocycles. The second-order valence-electron chi connectivity index (χ2n) is 15.1. The molecule has 1 unspecified atom stereocenters. The predicted octanol–water partition coefficient (Wildman–Crippen LogP) is 12.5. The molecule has 280 valence electrons. The standard InChI is InChI=1S/C50H44N4O.Pt/c1-32(2)38-28-39(30-41(29-38)55-40-23-24-45-44-19-12-13-22-46(44)53(47(45)31-40)48-27-33(3)25-26-51-48)54-35(5)49(34(4)52-54)50-42(36-15-8-6-9-16-36)20-14-21-43(50)37-17-10-7-11-18-37;/h6-13,15-20,22-29,32,43,50H,14,21H2,1-5H3;/q-2;+2/t43-,50?;/m1./s1. The van der Waals surface area contributed by atoms with Crippen molar-refractivity contribution in [2.45, 2.75) is 65.2 Å². The topological polar surface area (TPSA) is 44.9 Å². The number of pyridine rings is 1. The summed E-state index contributed by atoms with van der Waals surface area (Å²) < 4.78 is 11.0. The Morgan fingerprint density at radius 2 is 1.52 bits per heavy atom. The third-order valence-corrected chi connectivity index (χ3v) is 11.2. The Bertz CT molecular complexity index is 2710. The van der Waals surface area contributed by atoms with Crippen molar-refractivity contribution in [3.63, 3.8) is 0 Å². The van der Waals surface area contributed by atoms with Gasteiger partial charge in [0.15, 0.2) is 0 Å². The van der Waals surface area contributed by atoms with Crippen molar-refractivity contribution in [1.29, 1.82) is 0 Å². The first-order chi connectivity index (χ1) is 26.8. The van der Waals surface area contributed by atoms with Crippen molar-refractivity contribution >= 4 is 27.4 Å². The van der Waals surface area contributed by atoms with E-state index in [1.165, 1.54) is 22.3 Å². The fourth-order valence-corrected chi connectivity index (χ4v) is 8.60. The van der Waals surface area contributed by atoms with Gasteiger partial charge >= 0.3 is 21.1 Å². The molecule has 0 fully saturated rings. The molecule has 0 amide bonds. The molecule has 1 aliphatic carbocycles. The van der Waals surface area contributed by atoms with Crippen molar-refractivity contribution in [2.75, 3.05) is 0 Å². The van der Waals surface area contributed by atoms with E-state index in [0.717, 1.165) is 68.7 Å². The average molecular weight is 912 g/mol. The first kappa shape index (κ1) is 37.4. The molecular weight excluding hydrogens is 868 g/mol. The van der Waals surface area contributed by atoms with Gasteiger partial charge in [0.1, 0.15) is 5.82 Å². The number of para-hydroxylation sites is 1. The molecule has 0 radical (unpaired) electrons. The van der Waals surface area contributed by atoms with Gasteiger partial charge in [0, 0.05) is 40.4 Å². The van der Waals surface area contributed by atoms with E-state index in [4.69, 9.17) is 14.8 Å². The fourth-order valence-electron chi connectivity index (χ4n) is 8.60. The summed E-state index contributed by atoms with van der Waals surface area (Å²) in [4.78, 5) is 4.75. The number of ether oxygens (including phenoxy) is 1. The fraction of sp³-hybridized carbons (Fsp3) is 0.200. The van der Waals surface area contributed by atoms with Crippen molar-refractivity contribution in [3.05, 3.63) is 185 Å². The maximum Gasteiger partial charge on any atom is 2.00 e. The van der Waals surface area contributed by atoms with Crippen LogP contribution < -0.4 is 4.74 Å². The number of hydrogen-bond acceptors (Lipinski definition) is 3. The third-order valence-electron chi connectivity index (χ3n) is 11.2. The summed E-state index contributed by atoms with van der Waals surface area (Å²) in [6, 6.07) is 50.1. The van der Waals surface area contributed by atoms with Gasteiger partial charge in [-0.05, 0) is 97.0 Å². The Morgan fingerprint density at radius 1 is 0.768 bits per heavy atom. The van der Waals surface area contributed by atoms with Crippen LogP contribution in [0.4, 0.5) is 0 Å². The summed E-state index contributed by atoms with van der Waals surface area (Å²) in [7, 11) is 0. The van der Waals surface area contributed by atoms with E-state index in [2.05, 4.69) is 171 Å². The van der Waals surface area contributed by atoms with Crippen LogP contribution >= 0.6 is 0 Å². The summed E-state index contributed by atoms with van der Waals surface area (Å²) >= 11 is 0. The van der Waals surface area contributed by atoms with E-state index in [9.17, 15) is 0 Å². The largest absolute Gasteiger partial charge is 2.00 e. The molecule has 3 heterocycles. The Labute approximate surface area is 344 Å². The van der Waals surface area contributed by atoms with Gasteiger partial charge in [0.25, 0.3) is 0 Å². The van der Waals surface area contributed by atoms with Gasteiger partial charge in [-0.25, -0.2) is 4.98 Å². The number of fused-ring (bicyclic) bond motifs is 3. The molecule has 0 saturated heterocycles. The minimum atomic E-state index is 0. The molecule has 5 nitrogen and oxygen atoms in total. The summed E-state index contributed by atoms with van der Waals surface area (Å²) in [5, 5.41) is 7.51. The number of rotatable bonds is 8. The van der Waals surface area contributed by atoms with Gasteiger partial charge in [0.05, 0.1) is 5.69 Å². The van der Waals surface area contributed by atoms with Crippen LogP contribution in [0, 0.1) is 32.9 Å². The summed E-state index contributed by atoms with van der Waals surface area (Å²) in [5.74, 6) is 2.86. The van der Waals surface area contributed by atoms with Crippen molar-refractivity contribution in [1.82, 2.24) is 19.3 Å². The minimum absolute atomic E-state index is 0. The normalized spacial score (nSPS) is 15.6. The zero-order chi connectivity index (χ0) is 37.6. The number of aromatic nitrogens is 4. The Kier molecular flexibility index (Phi) is 10.4. The maximum absolute atomic E-state index is 6.70. The summed E-state index contributed by atoms with van der Waals surface area (Å²) in [6.45, 7) is 10.9. The van der Waals surface area contributed by atoms with Crippen LogP contribution in [0.1, 0.15) is 83.6 Å². The first-order valence-corrected chi connectivity index (χ1v) is 19.3. The van der Waals surface area contributed by atoms with E-state index in [1.54, 1.807) is 0 Å². The van der Waals surface area contributed by atoms with Gasteiger partial charge in [-0.2, -0.15) is 11.2 Å². The van der Waals surface area contributed by atoms with Gasteiger partial charge in [-0.3, -0.25) is 4.68 Å². The van der Waals surface area contributed by atoms with Gasteiger partial charge in [-0.15, -0.1) is 41.3 Å². The molecule has 2 atom stereocenters. The summed E-state index contributed by atoms with van der Waals surface area (Å²) in [5.41, 5.74) is 12.6. The minimum Gasteiger partial charge on any atom is -0.509 e.